The predicted octanol–water partition coefficient (Wildman–Crippen LogP) is 0.224. The number of aromatic hydroxyl groups is 1. The lowest BCUT2D eigenvalue weighted by Crippen LogP contribution is -2.65. The van der Waals surface area contributed by atoms with Crippen molar-refractivity contribution in [1.29, 1.82) is 0 Å². The number of aliphatic hydroxyl groups excluding tert-OH is 2. The normalized spacial score (nSPS) is 32.9. The zero-order chi connectivity index (χ0) is 32.8. The monoisotopic (exact) mass is 641 g/mol. The van der Waals surface area contributed by atoms with Crippen LogP contribution >= 0.6 is 0 Å². The second-order valence-corrected chi connectivity index (χ2v) is 13.6. The molecule has 3 fully saturated rings. The number of nitrogens with two attached hydrogens (primary N) is 1. The molecule has 2 saturated heterocycles. The van der Waals surface area contributed by atoms with Gasteiger partial charge in [-0.15, -0.1) is 0 Å². The molecule has 3 aliphatic carbocycles. The molecule has 1 amide bonds. The number of phenols is 1. The van der Waals surface area contributed by atoms with Crippen molar-refractivity contribution in [2.24, 2.45) is 23.5 Å². The number of likely N-dealkylation sites (N-methyl/N-ethyl adjacent to an activating group) is 1. The number of hydrogen-bond donors (Lipinski definition) is 6. The number of benzene rings is 1. The molecule has 3 heterocycles. The van der Waals surface area contributed by atoms with Crippen molar-refractivity contribution >= 4 is 28.9 Å². The summed E-state index contributed by atoms with van der Waals surface area (Å²) >= 11 is 0. The SMILES string of the molecule is CN(C)[C@@H]1C(=O)C(C(N)=O)=C(O)[C@@]2(O)C(=O)C3=C(O)c4c(O)c5c(c(F)c4C[C@H]3C[C@@H]12)C1C(CCN1CCN1CCOCC1)CN5. The van der Waals surface area contributed by atoms with Gasteiger partial charge in [0.25, 0.3) is 5.91 Å². The summed E-state index contributed by atoms with van der Waals surface area (Å²) in [6, 6.07) is -1.50. The van der Waals surface area contributed by atoms with Crippen LogP contribution in [-0.4, -0.2) is 131 Å². The maximum atomic E-state index is 16.9. The molecule has 1 aromatic rings. The van der Waals surface area contributed by atoms with Gasteiger partial charge in [0.05, 0.1) is 30.5 Å². The number of rotatable bonds is 5. The maximum absolute atomic E-state index is 16.9. The van der Waals surface area contributed by atoms with Crippen LogP contribution in [0.4, 0.5) is 10.1 Å². The van der Waals surface area contributed by atoms with Crippen molar-refractivity contribution in [3.8, 4) is 5.75 Å². The fourth-order valence-corrected chi connectivity index (χ4v) is 8.95. The summed E-state index contributed by atoms with van der Waals surface area (Å²) in [5.74, 6) is -8.03. The molecule has 1 aromatic carbocycles. The number of primary amides is 1. The molecule has 14 heteroatoms. The summed E-state index contributed by atoms with van der Waals surface area (Å²) in [7, 11) is 3.07. The van der Waals surface area contributed by atoms with Gasteiger partial charge in [-0.25, -0.2) is 4.39 Å². The van der Waals surface area contributed by atoms with Gasteiger partial charge < -0.3 is 36.2 Å². The fraction of sp³-hybridized carbons (Fsp3) is 0.594. The number of hydrogen-bond acceptors (Lipinski definition) is 12. The molecule has 0 radical (unpaired) electrons. The van der Waals surface area contributed by atoms with E-state index in [-0.39, 0.29) is 47.2 Å². The molecule has 3 aliphatic heterocycles. The van der Waals surface area contributed by atoms with Crippen molar-refractivity contribution in [2.45, 2.75) is 36.9 Å². The van der Waals surface area contributed by atoms with Crippen molar-refractivity contribution in [3.63, 3.8) is 0 Å². The molecule has 46 heavy (non-hydrogen) atoms. The highest BCUT2D eigenvalue weighted by Crippen LogP contribution is 2.56. The van der Waals surface area contributed by atoms with E-state index >= 15 is 4.39 Å². The Kier molecular flexibility index (Phi) is 7.44. The number of carbonyl (C=O) groups is 3. The van der Waals surface area contributed by atoms with Crippen LogP contribution in [0.5, 0.6) is 5.75 Å². The van der Waals surface area contributed by atoms with E-state index in [0.29, 0.717) is 25.3 Å². The first kappa shape index (κ1) is 31.1. The fourth-order valence-electron chi connectivity index (χ4n) is 8.95. The Bertz CT molecular complexity index is 1600. The maximum Gasteiger partial charge on any atom is 0.255 e. The minimum atomic E-state index is -2.75. The average molecular weight is 642 g/mol. The molecule has 7 N–H and O–H groups in total. The van der Waals surface area contributed by atoms with Crippen LogP contribution in [0.15, 0.2) is 16.9 Å². The van der Waals surface area contributed by atoms with E-state index in [4.69, 9.17) is 10.5 Å². The van der Waals surface area contributed by atoms with E-state index in [1.165, 1.54) is 19.0 Å². The number of nitrogens with one attached hydrogen (secondary N) is 1. The highest BCUT2D eigenvalue weighted by molar-refractivity contribution is 6.24. The van der Waals surface area contributed by atoms with Crippen LogP contribution in [0, 0.1) is 23.6 Å². The quantitative estimate of drug-likeness (QED) is 0.190. The number of phenolic OH excluding ortho intramolecular Hbond substituents is 1. The van der Waals surface area contributed by atoms with E-state index in [9.17, 15) is 34.8 Å². The Morgan fingerprint density at radius 1 is 1.15 bits per heavy atom. The van der Waals surface area contributed by atoms with Gasteiger partial charge in [0.2, 0.25) is 5.78 Å². The van der Waals surface area contributed by atoms with E-state index in [2.05, 4.69) is 15.1 Å². The lowest BCUT2D eigenvalue weighted by molar-refractivity contribution is -0.153. The van der Waals surface area contributed by atoms with Gasteiger partial charge in [-0.3, -0.25) is 29.1 Å². The zero-order valence-electron chi connectivity index (χ0n) is 25.9. The highest BCUT2D eigenvalue weighted by Gasteiger charge is 2.64. The number of halogens is 1. The first-order chi connectivity index (χ1) is 21.9. The molecule has 6 aliphatic rings. The van der Waals surface area contributed by atoms with Crippen LogP contribution in [0.3, 0.4) is 0 Å². The molecule has 7 rings (SSSR count). The number of likely N-dealkylation sites (tertiary alicyclic amines) is 1. The van der Waals surface area contributed by atoms with Crippen LogP contribution in [0.2, 0.25) is 0 Å². The van der Waals surface area contributed by atoms with Gasteiger partial charge >= 0.3 is 0 Å². The smallest absolute Gasteiger partial charge is 0.255 e. The Morgan fingerprint density at radius 2 is 1.87 bits per heavy atom. The number of amides is 1. The summed E-state index contributed by atoms with van der Waals surface area (Å²) in [6.07, 6.45) is 0.667. The third kappa shape index (κ3) is 4.27. The number of ether oxygens (including phenoxy) is 1. The van der Waals surface area contributed by atoms with E-state index in [1.807, 2.05) is 0 Å². The number of carbonyl (C=O) groups excluding carboxylic acids is 3. The Hall–Kier alpha value is -3.56. The van der Waals surface area contributed by atoms with Gasteiger partial charge in [0.15, 0.2) is 11.4 Å². The van der Waals surface area contributed by atoms with E-state index in [0.717, 1.165) is 39.1 Å². The van der Waals surface area contributed by atoms with Crippen molar-refractivity contribution in [2.75, 3.05) is 71.9 Å². The molecule has 0 spiro atoms. The molecule has 0 bridgehead atoms. The van der Waals surface area contributed by atoms with Crippen LogP contribution in [0.1, 0.15) is 35.6 Å². The van der Waals surface area contributed by atoms with E-state index in [1.54, 1.807) is 0 Å². The van der Waals surface area contributed by atoms with Crippen molar-refractivity contribution < 1.29 is 43.9 Å². The van der Waals surface area contributed by atoms with Crippen LogP contribution < -0.4 is 11.1 Å². The third-order valence-electron chi connectivity index (χ3n) is 11.1. The Morgan fingerprint density at radius 3 is 2.54 bits per heavy atom. The van der Waals surface area contributed by atoms with Gasteiger partial charge in [0, 0.05) is 61.4 Å². The molecule has 6 atom stereocenters. The highest BCUT2D eigenvalue weighted by atomic mass is 19.1. The first-order valence-electron chi connectivity index (χ1n) is 15.9. The van der Waals surface area contributed by atoms with Gasteiger partial charge in [0.1, 0.15) is 28.7 Å². The number of ketones is 2. The first-order valence-corrected chi connectivity index (χ1v) is 15.9. The zero-order valence-corrected chi connectivity index (χ0v) is 25.9. The summed E-state index contributed by atoms with van der Waals surface area (Å²) in [6.45, 7) is 5.82. The third-order valence-corrected chi connectivity index (χ3v) is 11.1. The summed E-state index contributed by atoms with van der Waals surface area (Å²) in [5.41, 5.74) is 1.79. The Balaban J connectivity index is 1.31. The number of anilines is 1. The summed E-state index contributed by atoms with van der Waals surface area (Å²) < 4.78 is 22.4. The number of Topliss-reactive ketones (excluding diaryl/α,β-unsaturated/α-hetero) is 2. The van der Waals surface area contributed by atoms with Crippen LogP contribution in [0.25, 0.3) is 5.76 Å². The standard InChI is InChI=1S/C32H40FN5O8/c1-36(2)25-17-12-15-11-16-19(26(39)18(15)29(42)32(17,45)30(43)21(28(25)41)31(34)44)27(40)23-20(22(16)33)24-14(13-35-23)3-4-38(24)6-5-37-7-9-46-10-8-37/h14-15,17,24-25,35,39-40,43,45H,3-13H2,1-2H3,(H2,34,44)/t14?,15-,17-,24?,25-,32-/m0/s1. The Labute approximate surface area is 265 Å². The van der Waals surface area contributed by atoms with Crippen molar-refractivity contribution in [3.05, 3.63) is 39.4 Å². The molecule has 2 unspecified atom stereocenters. The topological polar surface area (TPSA) is 189 Å². The molecule has 1 saturated carbocycles. The summed E-state index contributed by atoms with van der Waals surface area (Å²) in [4.78, 5) is 45.7. The van der Waals surface area contributed by atoms with Gasteiger partial charge in [-0.2, -0.15) is 0 Å². The van der Waals surface area contributed by atoms with Crippen LogP contribution in [-0.2, 0) is 25.5 Å². The molecular weight excluding hydrogens is 601 g/mol. The van der Waals surface area contributed by atoms with Crippen molar-refractivity contribution in [1.82, 2.24) is 14.7 Å². The second-order valence-electron chi connectivity index (χ2n) is 13.6. The number of nitrogens with zero attached hydrogens (tertiary/aromatic N) is 3. The predicted molar refractivity (Wildman–Crippen MR) is 162 cm³/mol. The number of fused-ring (bicyclic) bond motifs is 6. The largest absolute Gasteiger partial charge is 0.508 e. The molecule has 248 valence electrons. The molecule has 0 aromatic heterocycles. The lowest BCUT2D eigenvalue weighted by atomic mass is 9.57. The van der Waals surface area contributed by atoms with Gasteiger partial charge in [-0.1, -0.05) is 0 Å². The number of morpholine rings is 1. The second kappa shape index (κ2) is 11.0. The molecule has 13 nitrogen and oxygen atoms in total. The minimum Gasteiger partial charge on any atom is -0.508 e. The lowest BCUT2D eigenvalue weighted by Gasteiger charge is -2.50. The number of aliphatic hydroxyl groups is 3. The average Bonchev–Trinajstić information content (AvgIpc) is 3.43. The summed E-state index contributed by atoms with van der Waals surface area (Å²) in [5, 5.41) is 49.2. The minimum absolute atomic E-state index is 0.0596. The van der Waals surface area contributed by atoms with E-state index < -0.39 is 69.6 Å². The van der Waals surface area contributed by atoms with Gasteiger partial charge in [-0.05, 0) is 51.7 Å². The molecular formula is C32H40FN5O8.